The van der Waals surface area contributed by atoms with E-state index in [4.69, 9.17) is 4.74 Å². The zero-order valence-electron chi connectivity index (χ0n) is 8.70. The van der Waals surface area contributed by atoms with Crippen LogP contribution in [-0.2, 0) is 9.53 Å². The van der Waals surface area contributed by atoms with Crippen LogP contribution < -0.4 is 5.32 Å². The molecule has 98 valence electrons. The van der Waals surface area contributed by atoms with E-state index in [-0.39, 0.29) is 6.54 Å². The van der Waals surface area contributed by atoms with Gasteiger partial charge in [0, 0.05) is 6.54 Å². The van der Waals surface area contributed by atoms with Crippen LogP contribution >= 0.6 is 0 Å². The molecule has 1 aliphatic rings. The third kappa shape index (κ3) is 1.92. The largest absolute Gasteiger partial charge is 0.362 e. The lowest BCUT2D eigenvalue weighted by Crippen LogP contribution is -2.39. The van der Waals surface area contributed by atoms with E-state index in [1.54, 1.807) is 0 Å². The Hall–Kier alpha value is -1.70. The lowest BCUT2D eigenvalue weighted by molar-refractivity contribution is -0.133. The van der Waals surface area contributed by atoms with Gasteiger partial charge in [-0.1, -0.05) is 0 Å². The highest BCUT2D eigenvalue weighted by atomic mass is 19.2. The molecule has 0 bridgehead atoms. The Labute approximate surface area is 97.5 Å². The summed E-state index contributed by atoms with van der Waals surface area (Å²) in [5.41, 5.74) is -1.08. The molecule has 18 heavy (non-hydrogen) atoms. The number of hydrogen-bond acceptors (Lipinski definition) is 2. The van der Waals surface area contributed by atoms with Crippen molar-refractivity contribution in [3.8, 4) is 0 Å². The van der Waals surface area contributed by atoms with Crippen molar-refractivity contribution in [2.24, 2.45) is 0 Å². The van der Waals surface area contributed by atoms with Gasteiger partial charge in [0.1, 0.15) is 12.7 Å². The number of halogens is 5. The molecule has 0 saturated carbocycles. The first-order valence-corrected chi connectivity index (χ1v) is 4.83. The van der Waals surface area contributed by atoms with Crippen molar-refractivity contribution in [2.75, 3.05) is 13.2 Å². The fraction of sp³-hybridized carbons (Fsp3) is 0.300. The molecule has 0 unspecified atom stereocenters. The Kier molecular flexibility index (Phi) is 3.20. The van der Waals surface area contributed by atoms with Gasteiger partial charge < -0.3 is 10.1 Å². The molecular weight excluding hydrogens is 261 g/mol. The molecule has 8 heteroatoms. The molecular formula is C10H6F5NO2. The summed E-state index contributed by atoms with van der Waals surface area (Å²) in [4.78, 5) is 10.8. The van der Waals surface area contributed by atoms with Crippen molar-refractivity contribution in [1.82, 2.24) is 5.32 Å². The Bertz CT molecular complexity index is 480. The molecule has 1 aliphatic heterocycles. The van der Waals surface area contributed by atoms with Crippen molar-refractivity contribution in [2.45, 2.75) is 6.10 Å². The van der Waals surface area contributed by atoms with Crippen LogP contribution in [0.25, 0.3) is 0 Å². The highest BCUT2D eigenvalue weighted by Gasteiger charge is 2.32. The summed E-state index contributed by atoms with van der Waals surface area (Å²) in [6.45, 7) is -0.874. The first-order valence-electron chi connectivity index (χ1n) is 4.83. The monoisotopic (exact) mass is 267 g/mol. The SMILES string of the molecule is O=C1CO[C@H](c2c(F)c(F)c(F)c(F)c2F)CN1. The molecule has 1 atom stereocenters. The summed E-state index contributed by atoms with van der Waals surface area (Å²) in [6.07, 6.45) is -1.41. The summed E-state index contributed by atoms with van der Waals surface area (Å²) in [5, 5.41) is 2.20. The molecule has 1 aromatic carbocycles. The zero-order valence-corrected chi connectivity index (χ0v) is 8.70. The Balaban J connectivity index is 2.48. The molecule has 1 saturated heterocycles. The molecule has 0 spiro atoms. The molecule has 1 amide bonds. The maximum atomic E-state index is 13.4. The van der Waals surface area contributed by atoms with E-state index in [9.17, 15) is 26.7 Å². The second-order valence-electron chi connectivity index (χ2n) is 3.59. The number of benzene rings is 1. The standard InChI is InChI=1S/C10H6F5NO2/c11-6-5(3-1-16-4(17)2-18-3)7(12)9(14)10(15)8(6)13/h3H,1-2H2,(H,16,17)/t3-/m0/s1. The highest BCUT2D eigenvalue weighted by Crippen LogP contribution is 2.30. The minimum atomic E-state index is -2.23. The number of ether oxygens (including phenoxy) is 1. The Morgan fingerprint density at radius 2 is 1.44 bits per heavy atom. The second-order valence-corrected chi connectivity index (χ2v) is 3.59. The van der Waals surface area contributed by atoms with Gasteiger partial charge in [0.2, 0.25) is 11.7 Å². The molecule has 0 aliphatic carbocycles. The summed E-state index contributed by atoms with van der Waals surface area (Å²) in [5.74, 6) is -10.7. The second kappa shape index (κ2) is 4.52. The van der Waals surface area contributed by atoms with Gasteiger partial charge in [-0.2, -0.15) is 0 Å². The molecule has 0 radical (unpaired) electrons. The number of rotatable bonds is 1. The average molecular weight is 267 g/mol. The van der Waals surface area contributed by atoms with E-state index in [0.29, 0.717) is 0 Å². The van der Waals surface area contributed by atoms with Crippen molar-refractivity contribution in [3.63, 3.8) is 0 Å². The predicted octanol–water partition coefficient (Wildman–Crippen LogP) is 1.57. The van der Waals surface area contributed by atoms with Gasteiger partial charge in [0.05, 0.1) is 5.56 Å². The van der Waals surface area contributed by atoms with E-state index < -0.39 is 53.3 Å². The van der Waals surface area contributed by atoms with Gasteiger partial charge >= 0.3 is 0 Å². The van der Waals surface area contributed by atoms with Gasteiger partial charge in [0.25, 0.3) is 0 Å². The summed E-state index contributed by atoms with van der Waals surface area (Å²) in [6, 6.07) is 0. The lowest BCUT2D eigenvalue weighted by Gasteiger charge is -2.24. The van der Waals surface area contributed by atoms with Gasteiger partial charge in [0.15, 0.2) is 23.3 Å². The molecule has 0 aromatic heterocycles. The van der Waals surface area contributed by atoms with Crippen LogP contribution in [0, 0.1) is 29.1 Å². The molecule has 2 rings (SSSR count). The van der Waals surface area contributed by atoms with Crippen LogP contribution in [0.2, 0.25) is 0 Å². The van der Waals surface area contributed by atoms with E-state index in [0.717, 1.165) is 0 Å². The molecule has 3 nitrogen and oxygen atoms in total. The minimum Gasteiger partial charge on any atom is -0.362 e. The van der Waals surface area contributed by atoms with Crippen LogP contribution in [-0.4, -0.2) is 19.1 Å². The molecule has 1 fully saturated rings. The van der Waals surface area contributed by atoms with Crippen molar-refractivity contribution in [1.29, 1.82) is 0 Å². The average Bonchev–Trinajstić information content (AvgIpc) is 2.36. The van der Waals surface area contributed by atoms with E-state index >= 15 is 0 Å². The topological polar surface area (TPSA) is 38.3 Å². The fourth-order valence-corrected chi connectivity index (χ4v) is 1.58. The Morgan fingerprint density at radius 1 is 0.944 bits per heavy atom. The highest BCUT2D eigenvalue weighted by molar-refractivity contribution is 5.77. The number of amides is 1. The van der Waals surface area contributed by atoms with Gasteiger partial charge in [-0.3, -0.25) is 4.79 Å². The Morgan fingerprint density at radius 3 is 1.89 bits per heavy atom. The number of carbonyl (C=O) groups excluding carboxylic acids is 1. The smallest absolute Gasteiger partial charge is 0.246 e. The number of nitrogens with one attached hydrogen (secondary N) is 1. The molecule has 1 N–H and O–H groups in total. The normalized spacial score (nSPS) is 19.8. The first-order chi connectivity index (χ1) is 8.43. The van der Waals surface area contributed by atoms with Crippen molar-refractivity contribution in [3.05, 3.63) is 34.6 Å². The van der Waals surface area contributed by atoms with E-state index in [1.807, 2.05) is 0 Å². The number of morpholine rings is 1. The van der Waals surface area contributed by atoms with Gasteiger partial charge in [-0.05, 0) is 0 Å². The lowest BCUT2D eigenvalue weighted by atomic mass is 10.1. The predicted molar refractivity (Wildman–Crippen MR) is 47.9 cm³/mol. The van der Waals surface area contributed by atoms with Crippen molar-refractivity contribution < 1.29 is 31.5 Å². The molecule has 1 aromatic rings. The van der Waals surface area contributed by atoms with Crippen LogP contribution in [0.3, 0.4) is 0 Å². The van der Waals surface area contributed by atoms with Gasteiger partial charge in [-0.25, -0.2) is 22.0 Å². The number of hydrogen-bond donors (Lipinski definition) is 1. The minimum absolute atomic E-state index is 0.364. The van der Waals surface area contributed by atoms with Crippen LogP contribution in [0.15, 0.2) is 0 Å². The van der Waals surface area contributed by atoms with Crippen molar-refractivity contribution >= 4 is 5.91 Å². The van der Waals surface area contributed by atoms with E-state index in [1.165, 1.54) is 0 Å². The van der Waals surface area contributed by atoms with Crippen LogP contribution in [0.5, 0.6) is 0 Å². The molecule has 1 heterocycles. The summed E-state index contributed by atoms with van der Waals surface area (Å²) >= 11 is 0. The van der Waals surface area contributed by atoms with Crippen LogP contribution in [0.1, 0.15) is 11.7 Å². The van der Waals surface area contributed by atoms with E-state index in [2.05, 4.69) is 5.32 Å². The maximum absolute atomic E-state index is 13.4. The third-order valence-corrected chi connectivity index (χ3v) is 2.47. The zero-order chi connectivity index (χ0) is 13.4. The maximum Gasteiger partial charge on any atom is 0.246 e. The quantitative estimate of drug-likeness (QED) is 0.476. The van der Waals surface area contributed by atoms with Gasteiger partial charge in [-0.15, -0.1) is 0 Å². The number of carbonyl (C=O) groups is 1. The first kappa shape index (κ1) is 12.7. The van der Waals surface area contributed by atoms with Crippen LogP contribution in [0.4, 0.5) is 22.0 Å². The third-order valence-electron chi connectivity index (χ3n) is 2.47. The summed E-state index contributed by atoms with van der Waals surface area (Å²) in [7, 11) is 0. The summed E-state index contributed by atoms with van der Waals surface area (Å²) < 4.78 is 70.1. The fourth-order valence-electron chi connectivity index (χ4n) is 1.58.